The Labute approximate surface area is 174 Å². The van der Waals surface area contributed by atoms with Crippen LogP contribution in [-0.2, 0) is 0 Å². The van der Waals surface area contributed by atoms with E-state index in [0.29, 0.717) is 32.1 Å². The Balaban J connectivity index is 1.44. The largest absolute Gasteiger partial charge is 0.353 e. The van der Waals surface area contributed by atoms with Crippen LogP contribution in [0, 0.1) is 19.7 Å². The van der Waals surface area contributed by atoms with Crippen LogP contribution in [0.2, 0.25) is 0 Å². The molecule has 0 spiro atoms. The number of anilines is 3. The second kappa shape index (κ2) is 8.44. The van der Waals surface area contributed by atoms with Gasteiger partial charge in [-0.3, -0.25) is 9.78 Å². The molecule has 1 aliphatic heterocycles. The van der Waals surface area contributed by atoms with Gasteiger partial charge in [0.2, 0.25) is 5.95 Å². The Morgan fingerprint density at radius 1 is 1.03 bits per heavy atom. The van der Waals surface area contributed by atoms with Gasteiger partial charge in [0, 0.05) is 49.8 Å². The minimum absolute atomic E-state index is 0.0564. The quantitative estimate of drug-likeness (QED) is 0.716. The monoisotopic (exact) mass is 406 g/mol. The Hall–Kier alpha value is -3.55. The molecule has 0 atom stereocenters. The van der Waals surface area contributed by atoms with Gasteiger partial charge in [0.1, 0.15) is 5.82 Å². The summed E-state index contributed by atoms with van der Waals surface area (Å²) in [5, 5.41) is 3.25. The van der Waals surface area contributed by atoms with Gasteiger partial charge in [-0.05, 0) is 32.0 Å². The highest BCUT2D eigenvalue weighted by Crippen LogP contribution is 2.21. The van der Waals surface area contributed by atoms with Gasteiger partial charge in [0.05, 0.1) is 11.8 Å². The van der Waals surface area contributed by atoms with Crippen molar-refractivity contribution in [1.29, 1.82) is 0 Å². The second-order valence-corrected chi connectivity index (χ2v) is 7.32. The van der Waals surface area contributed by atoms with E-state index in [9.17, 15) is 9.18 Å². The molecule has 0 radical (unpaired) electrons. The van der Waals surface area contributed by atoms with Crippen molar-refractivity contribution in [1.82, 2.24) is 19.9 Å². The van der Waals surface area contributed by atoms with E-state index >= 15 is 0 Å². The van der Waals surface area contributed by atoms with Crippen molar-refractivity contribution in [3.63, 3.8) is 0 Å². The van der Waals surface area contributed by atoms with Crippen molar-refractivity contribution in [3.05, 3.63) is 71.4 Å². The molecule has 154 valence electrons. The maximum Gasteiger partial charge on any atom is 0.257 e. The van der Waals surface area contributed by atoms with E-state index in [4.69, 9.17) is 0 Å². The van der Waals surface area contributed by atoms with Crippen LogP contribution in [0.3, 0.4) is 0 Å². The molecule has 4 rings (SSSR count). The van der Waals surface area contributed by atoms with E-state index in [2.05, 4.69) is 25.2 Å². The van der Waals surface area contributed by atoms with Gasteiger partial charge in [-0.25, -0.2) is 9.37 Å². The number of halogens is 1. The van der Waals surface area contributed by atoms with Crippen LogP contribution in [0.1, 0.15) is 21.6 Å². The summed E-state index contributed by atoms with van der Waals surface area (Å²) in [6.45, 7) is 6.17. The lowest BCUT2D eigenvalue weighted by Gasteiger charge is -2.35. The smallest absolute Gasteiger partial charge is 0.257 e. The maximum atomic E-state index is 13.9. The molecule has 0 unspecified atom stereocenters. The van der Waals surface area contributed by atoms with Gasteiger partial charge in [-0.1, -0.05) is 17.7 Å². The molecular weight excluding hydrogens is 383 g/mol. The highest BCUT2D eigenvalue weighted by molar-refractivity contribution is 5.94. The predicted molar refractivity (Wildman–Crippen MR) is 114 cm³/mol. The molecule has 1 saturated heterocycles. The summed E-state index contributed by atoms with van der Waals surface area (Å²) < 4.78 is 13.9. The lowest BCUT2D eigenvalue weighted by Crippen LogP contribution is -2.49. The lowest BCUT2D eigenvalue weighted by molar-refractivity contribution is 0.0741. The standard InChI is InChI=1S/C22H23FN6O/c1-15-3-5-17(6-4-15)26-22-25-16(2)13-20(27-22)28-9-11-29(12-10-28)21(30)18-7-8-24-14-19(18)23/h3-8,13-14H,9-12H2,1-2H3,(H,25,26,27). The van der Waals surface area contributed by atoms with Gasteiger partial charge in [-0.2, -0.15) is 4.98 Å². The summed E-state index contributed by atoms with van der Waals surface area (Å²) in [7, 11) is 0. The molecule has 2 aromatic heterocycles. The highest BCUT2D eigenvalue weighted by Gasteiger charge is 2.25. The third kappa shape index (κ3) is 4.37. The molecule has 3 aromatic rings. The molecule has 1 N–H and O–H groups in total. The summed E-state index contributed by atoms with van der Waals surface area (Å²) in [6, 6.07) is 11.4. The van der Waals surface area contributed by atoms with Crippen molar-refractivity contribution >= 4 is 23.4 Å². The number of nitrogens with one attached hydrogen (secondary N) is 1. The number of hydrogen-bond donors (Lipinski definition) is 1. The van der Waals surface area contributed by atoms with Crippen molar-refractivity contribution in [2.75, 3.05) is 36.4 Å². The molecule has 1 amide bonds. The molecule has 7 nitrogen and oxygen atoms in total. The number of nitrogens with zero attached hydrogens (tertiary/aromatic N) is 5. The van der Waals surface area contributed by atoms with Crippen LogP contribution < -0.4 is 10.2 Å². The summed E-state index contributed by atoms with van der Waals surface area (Å²) in [4.78, 5) is 29.2. The average Bonchev–Trinajstić information content (AvgIpc) is 2.75. The summed E-state index contributed by atoms with van der Waals surface area (Å²) >= 11 is 0. The van der Waals surface area contributed by atoms with Crippen molar-refractivity contribution < 1.29 is 9.18 Å². The topological polar surface area (TPSA) is 74.2 Å². The zero-order valence-corrected chi connectivity index (χ0v) is 17.0. The molecule has 3 heterocycles. The molecule has 8 heteroatoms. The van der Waals surface area contributed by atoms with Crippen molar-refractivity contribution in [2.45, 2.75) is 13.8 Å². The Morgan fingerprint density at radius 3 is 2.47 bits per heavy atom. The van der Waals surface area contributed by atoms with Crippen LogP contribution in [0.5, 0.6) is 0 Å². The number of rotatable bonds is 4. The molecule has 1 aliphatic rings. The number of carbonyl (C=O) groups excluding carboxylic acids is 1. The molecular formula is C22H23FN6O. The fourth-order valence-corrected chi connectivity index (χ4v) is 3.39. The van der Waals surface area contributed by atoms with Crippen LogP contribution in [0.4, 0.5) is 21.8 Å². The van der Waals surface area contributed by atoms with E-state index in [1.807, 2.05) is 44.2 Å². The predicted octanol–water partition coefficient (Wildman–Crippen LogP) is 3.33. The first kappa shape index (κ1) is 19.8. The Bertz CT molecular complexity index is 1050. The normalized spacial score (nSPS) is 14.0. The maximum absolute atomic E-state index is 13.9. The summed E-state index contributed by atoms with van der Waals surface area (Å²) in [5.74, 6) is 0.434. The van der Waals surface area contributed by atoms with E-state index in [0.717, 1.165) is 23.4 Å². The van der Waals surface area contributed by atoms with E-state index < -0.39 is 5.82 Å². The van der Waals surface area contributed by atoms with Crippen LogP contribution in [0.15, 0.2) is 48.8 Å². The number of amides is 1. The third-order valence-corrected chi connectivity index (χ3v) is 5.04. The molecule has 0 bridgehead atoms. The molecule has 0 saturated carbocycles. The molecule has 30 heavy (non-hydrogen) atoms. The minimum Gasteiger partial charge on any atom is -0.353 e. The van der Waals surface area contributed by atoms with Crippen LogP contribution >= 0.6 is 0 Å². The number of carbonyl (C=O) groups is 1. The number of pyridine rings is 1. The SMILES string of the molecule is Cc1ccc(Nc2nc(C)cc(N3CCN(C(=O)c4ccncc4F)CC3)n2)cc1. The van der Waals surface area contributed by atoms with E-state index in [1.165, 1.54) is 17.8 Å². The molecule has 0 aliphatic carbocycles. The zero-order valence-electron chi connectivity index (χ0n) is 17.0. The number of hydrogen-bond acceptors (Lipinski definition) is 6. The van der Waals surface area contributed by atoms with Gasteiger partial charge in [0.15, 0.2) is 5.82 Å². The minimum atomic E-state index is -0.594. The highest BCUT2D eigenvalue weighted by atomic mass is 19.1. The van der Waals surface area contributed by atoms with Crippen LogP contribution in [-0.4, -0.2) is 51.9 Å². The first-order chi connectivity index (χ1) is 14.5. The van der Waals surface area contributed by atoms with Gasteiger partial charge >= 0.3 is 0 Å². The number of aromatic nitrogens is 3. The number of aryl methyl sites for hydroxylation is 2. The average molecular weight is 406 g/mol. The Morgan fingerprint density at radius 2 is 1.77 bits per heavy atom. The number of benzene rings is 1. The first-order valence-electron chi connectivity index (χ1n) is 9.83. The van der Waals surface area contributed by atoms with Gasteiger partial charge < -0.3 is 15.1 Å². The fraction of sp³-hybridized carbons (Fsp3) is 0.273. The second-order valence-electron chi connectivity index (χ2n) is 7.32. The summed E-state index contributed by atoms with van der Waals surface area (Å²) in [6.07, 6.45) is 2.49. The third-order valence-electron chi connectivity index (χ3n) is 5.04. The lowest BCUT2D eigenvalue weighted by atomic mass is 10.2. The van der Waals surface area contributed by atoms with Gasteiger partial charge in [-0.15, -0.1) is 0 Å². The molecule has 1 fully saturated rings. The Kier molecular flexibility index (Phi) is 5.56. The molecule has 1 aromatic carbocycles. The van der Waals surface area contributed by atoms with Gasteiger partial charge in [0.25, 0.3) is 5.91 Å². The van der Waals surface area contributed by atoms with Crippen molar-refractivity contribution in [2.24, 2.45) is 0 Å². The van der Waals surface area contributed by atoms with Crippen LogP contribution in [0.25, 0.3) is 0 Å². The zero-order chi connectivity index (χ0) is 21.1. The first-order valence-corrected chi connectivity index (χ1v) is 9.83. The van der Waals surface area contributed by atoms with Crippen molar-refractivity contribution in [3.8, 4) is 0 Å². The number of piperazine rings is 1. The summed E-state index contributed by atoms with van der Waals surface area (Å²) in [5.41, 5.74) is 3.02. The van der Waals surface area contributed by atoms with E-state index in [1.54, 1.807) is 4.90 Å². The van der Waals surface area contributed by atoms with E-state index in [-0.39, 0.29) is 11.5 Å². The fourth-order valence-electron chi connectivity index (χ4n) is 3.39.